The highest BCUT2D eigenvalue weighted by molar-refractivity contribution is 9.13. The van der Waals surface area contributed by atoms with Crippen LogP contribution in [0.1, 0.15) is 22.4 Å². The van der Waals surface area contributed by atoms with E-state index in [1.165, 1.54) is 4.88 Å². The minimum atomic E-state index is 0.0455. The van der Waals surface area contributed by atoms with Gasteiger partial charge in [0.1, 0.15) is 5.76 Å². The maximum Gasteiger partial charge on any atom is 0.183 e. The summed E-state index contributed by atoms with van der Waals surface area (Å²) in [5.41, 5.74) is 8.84. The monoisotopic (exact) mass is 407 g/mol. The second-order valence-corrected chi connectivity index (χ2v) is 6.81. The van der Waals surface area contributed by atoms with Crippen molar-refractivity contribution < 1.29 is 4.42 Å². The van der Waals surface area contributed by atoms with Gasteiger partial charge in [-0.15, -0.1) is 11.3 Å². The van der Waals surface area contributed by atoms with E-state index in [0.717, 1.165) is 22.5 Å². The fourth-order valence-corrected chi connectivity index (χ4v) is 3.30. The van der Waals surface area contributed by atoms with E-state index in [-0.39, 0.29) is 6.04 Å². The van der Waals surface area contributed by atoms with Crippen molar-refractivity contribution in [2.75, 3.05) is 13.6 Å². The number of nitrogens with two attached hydrogens (primary N) is 1. The molecule has 0 bridgehead atoms. The quantitative estimate of drug-likeness (QED) is 0.819. The Hall–Kier alpha value is -0.210. The van der Waals surface area contributed by atoms with Crippen molar-refractivity contribution in [3.05, 3.63) is 37.1 Å². The summed E-state index contributed by atoms with van der Waals surface area (Å²) in [4.78, 5) is 7.70. The van der Waals surface area contributed by atoms with Crippen LogP contribution in [-0.2, 0) is 6.54 Å². The van der Waals surface area contributed by atoms with Crippen molar-refractivity contribution in [3.63, 3.8) is 0 Å². The number of aryl methyl sites for hydroxylation is 1. The van der Waals surface area contributed by atoms with E-state index in [9.17, 15) is 0 Å². The number of furan rings is 1. The van der Waals surface area contributed by atoms with Gasteiger partial charge in [0.15, 0.2) is 4.67 Å². The molecule has 1 atom stereocenters. The minimum absolute atomic E-state index is 0.0455. The highest BCUT2D eigenvalue weighted by atomic mass is 79.9. The second kappa shape index (κ2) is 6.49. The molecule has 1 unspecified atom stereocenters. The van der Waals surface area contributed by atoms with Gasteiger partial charge in [0.05, 0.1) is 21.7 Å². The number of rotatable bonds is 5. The summed E-state index contributed by atoms with van der Waals surface area (Å²) in [6, 6.07) is 2.00. The van der Waals surface area contributed by atoms with Gasteiger partial charge in [0, 0.05) is 18.0 Å². The number of hydrogen-bond acceptors (Lipinski definition) is 5. The SMILES string of the molecule is Cc1ncsc1CN(C)C(CN)c1cc(Br)c(Br)o1. The molecule has 0 saturated carbocycles. The minimum Gasteiger partial charge on any atom is -0.451 e. The first-order chi connectivity index (χ1) is 9.02. The smallest absolute Gasteiger partial charge is 0.183 e. The molecule has 19 heavy (non-hydrogen) atoms. The van der Waals surface area contributed by atoms with Crippen LogP contribution in [0, 0.1) is 6.92 Å². The highest BCUT2D eigenvalue weighted by Crippen LogP contribution is 2.32. The molecule has 2 N–H and O–H groups in total. The fourth-order valence-electron chi connectivity index (χ4n) is 1.86. The molecule has 104 valence electrons. The number of nitrogens with zero attached hydrogens (tertiary/aromatic N) is 2. The average Bonchev–Trinajstić information content (AvgIpc) is 2.89. The zero-order valence-corrected chi connectivity index (χ0v) is 14.7. The summed E-state index contributed by atoms with van der Waals surface area (Å²) >= 11 is 8.45. The van der Waals surface area contributed by atoms with Gasteiger partial charge in [-0.05, 0) is 51.9 Å². The van der Waals surface area contributed by atoms with Crippen molar-refractivity contribution in [1.82, 2.24) is 9.88 Å². The second-order valence-electron chi connectivity index (χ2n) is 4.30. The van der Waals surface area contributed by atoms with Crippen LogP contribution in [0.4, 0.5) is 0 Å². The first-order valence-corrected chi connectivity index (χ1v) is 8.23. The first kappa shape index (κ1) is 15.2. The van der Waals surface area contributed by atoms with Crippen LogP contribution in [0.5, 0.6) is 0 Å². The van der Waals surface area contributed by atoms with Crippen molar-refractivity contribution in [3.8, 4) is 0 Å². The Kier molecular flexibility index (Phi) is 5.19. The molecule has 0 saturated heterocycles. The number of aromatic nitrogens is 1. The Labute approximate surface area is 133 Å². The van der Waals surface area contributed by atoms with Crippen LogP contribution >= 0.6 is 43.2 Å². The Morgan fingerprint density at radius 3 is 2.74 bits per heavy atom. The number of thiazole rings is 1. The molecule has 0 aliphatic rings. The average molecular weight is 409 g/mol. The molecule has 7 heteroatoms. The van der Waals surface area contributed by atoms with E-state index in [1.807, 2.05) is 25.5 Å². The summed E-state index contributed by atoms with van der Waals surface area (Å²) in [5, 5.41) is 0. The number of likely N-dealkylation sites (N-methyl/N-ethyl adjacent to an activating group) is 1. The molecule has 0 aromatic carbocycles. The molecular formula is C12H15Br2N3OS. The predicted molar refractivity (Wildman–Crippen MR) is 84.2 cm³/mol. The third-order valence-corrected chi connectivity index (χ3v) is 5.62. The predicted octanol–water partition coefficient (Wildman–Crippen LogP) is 3.70. The van der Waals surface area contributed by atoms with E-state index >= 15 is 0 Å². The molecule has 2 aromatic heterocycles. The van der Waals surface area contributed by atoms with Gasteiger partial charge < -0.3 is 10.2 Å². The molecular weight excluding hydrogens is 394 g/mol. The van der Waals surface area contributed by atoms with Crippen molar-refractivity contribution >= 4 is 43.2 Å². The van der Waals surface area contributed by atoms with E-state index in [0.29, 0.717) is 11.2 Å². The highest BCUT2D eigenvalue weighted by Gasteiger charge is 2.21. The van der Waals surface area contributed by atoms with Gasteiger partial charge in [-0.3, -0.25) is 4.90 Å². The summed E-state index contributed by atoms with van der Waals surface area (Å²) in [7, 11) is 2.04. The third-order valence-electron chi connectivity index (χ3n) is 2.99. The Morgan fingerprint density at radius 1 is 1.53 bits per heavy atom. The lowest BCUT2D eigenvalue weighted by Gasteiger charge is -2.24. The van der Waals surface area contributed by atoms with Gasteiger partial charge in [-0.25, -0.2) is 4.98 Å². The Balaban J connectivity index is 2.15. The van der Waals surface area contributed by atoms with Crippen molar-refractivity contribution in [1.29, 1.82) is 0 Å². The van der Waals surface area contributed by atoms with Crippen LogP contribution in [0.25, 0.3) is 0 Å². The maximum atomic E-state index is 5.89. The molecule has 0 fully saturated rings. The van der Waals surface area contributed by atoms with E-state index < -0.39 is 0 Å². The van der Waals surface area contributed by atoms with E-state index in [4.69, 9.17) is 10.2 Å². The van der Waals surface area contributed by atoms with Crippen molar-refractivity contribution in [2.45, 2.75) is 19.5 Å². The fraction of sp³-hybridized carbons (Fsp3) is 0.417. The topological polar surface area (TPSA) is 55.3 Å². The van der Waals surface area contributed by atoms with Crippen LogP contribution in [0.15, 0.2) is 25.1 Å². The molecule has 0 aliphatic heterocycles. The number of halogens is 2. The summed E-state index contributed by atoms with van der Waals surface area (Å²) in [6.45, 7) is 3.34. The van der Waals surface area contributed by atoms with Gasteiger partial charge in [0.2, 0.25) is 0 Å². The standard InChI is InChI=1S/C12H15Br2N3OS/c1-7-11(19-6-16-7)5-17(2)9(4-15)10-3-8(13)12(14)18-10/h3,6,9H,4-5,15H2,1-2H3. The van der Waals surface area contributed by atoms with Gasteiger partial charge >= 0.3 is 0 Å². The summed E-state index contributed by atoms with van der Waals surface area (Å²) in [6.07, 6.45) is 0. The molecule has 4 nitrogen and oxygen atoms in total. The van der Waals surface area contributed by atoms with Gasteiger partial charge in [-0.2, -0.15) is 0 Å². The van der Waals surface area contributed by atoms with Crippen LogP contribution in [0.2, 0.25) is 0 Å². The third kappa shape index (κ3) is 3.46. The first-order valence-electron chi connectivity index (χ1n) is 5.77. The van der Waals surface area contributed by atoms with Gasteiger partial charge in [-0.1, -0.05) is 0 Å². The molecule has 2 rings (SSSR count). The summed E-state index contributed by atoms with van der Waals surface area (Å²) in [5.74, 6) is 0.853. The zero-order valence-electron chi connectivity index (χ0n) is 10.7. The molecule has 2 heterocycles. The summed E-state index contributed by atoms with van der Waals surface area (Å²) < 4.78 is 7.28. The Bertz CT molecular complexity index is 535. The van der Waals surface area contributed by atoms with Crippen molar-refractivity contribution in [2.24, 2.45) is 5.73 Å². The van der Waals surface area contributed by atoms with E-state index in [1.54, 1.807) is 11.3 Å². The lowest BCUT2D eigenvalue weighted by Crippen LogP contribution is -2.29. The lowest BCUT2D eigenvalue weighted by atomic mass is 10.2. The molecule has 0 radical (unpaired) electrons. The molecule has 0 amide bonds. The Morgan fingerprint density at radius 2 is 2.26 bits per heavy atom. The maximum absolute atomic E-state index is 5.89. The van der Waals surface area contributed by atoms with Crippen LogP contribution in [-0.4, -0.2) is 23.5 Å². The zero-order chi connectivity index (χ0) is 14.0. The lowest BCUT2D eigenvalue weighted by molar-refractivity contribution is 0.212. The molecule has 2 aromatic rings. The molecule has 0 aliphatic carbocycles. The van der Waals surface area contributed by atoms with E-state index in [2.05, 4.69) is 41.7 Å². The number of hydrogen-bond donors (Lipinski definition) is 1. The van der Waals surface area contributed by atoms with Gasteiger partial charge in [0.25, 0.3) is 0 Å². The normalized spacial score (nSPS) is 13.2. The van der Waals surface area contributed by atoms with Crippen LogP contribution in [0.3, 0.4) is 0 Å². The largest absolute Gasteiger partial charge is 0.451 e. The molecule has 0 spiro atoms. The van der Waals surface area contributed by atoms with Crippen LogP contribution < -0.4 is 5.73 Å².